The van der Waals surface area contributed by atoms with Crippen molar-refractivity contribution in [3.05, 3.63) is 22.8 Å². The summed E-state index contributed by atoms with van der Waals surface area (Å²) >= 11 is 5.70. The number of carbonyl (C=O) groups is 1. The van der Waals surface area contributed by atoms with Crippen molar-refractivity contribution >= 4 is 23.2 Å². The van der Waals surface area contributed by atoms with Crippen molar-refractivity contribution in [1.29, 1.82) is 0 Å². The number of ketones is 1. The Labute approximate surface area is 81.9 Å². The number of carbonyl (C=O) groups excluding carboxylic acids is 1. The summed E-state index contributed by atoms with van der Waals surface area (Å²) in [6.45, 7) is 3.62. The average Bonchev–Trinajstić information content (AvgIpc) is 2.08. The zero-order valence-corrected chi connectivity index (χ0v) is 8.30. The molecule has 1 rings (SSSR count). The monoisotopic (exact) mass is 198 g/mol. The summed E-state index contributed by atoms with van der Waals surface area (Å²) in [5, 5.41) is 0.429. The minimum atomic E-state index is -0.0948. The SMILES string of the molecule is CC(C)C(=O)c1cc(Cl)cnc1N. The molecule has 0 saturated carbocycles. The maximum Gasteiger partial charge on any atom is 0.169 e. The first-order valence-electron chi connectivity index (χ1n) is 3.97. The van der Waals surface area contributed by atoms with Crippen LogP contribution in [0.25, 0.3) is 0 Å². The minimum absolute atomic E-state index is 0.0347. The van der Waals surface area contributed by atoms with Gasteiger partial charge in [0.25, 0.3) is 0 Å². The molecule has 70 valence electrons. The normalized spacial score (nSPS) is 10.5. The van der Waals surface area contributed by atoms with Gasteiger partial charge in [0.15, 0.2) is 5.78 Å². The van der Waals surface area contributed by atoms with Crippen LogP contribution in [-0.2, 0) is 0 Å². The van der Waals surface area contributed by atoms with Gasteiger partial charge in [-0.3, -0.25) is 4.79 Å². The van der Waals surface area contributed by atoms with E-state index in [9.17, 15) is 4.79 Å². The summed E-state index contributed by atoms with van der Waals surface area (Å²) in [6, 6.07) is 1.55. The van der Waals surface area contributed by atoms with E-state index in [0.717, 1.165) is 0 Å². The highest BCUT2D eigenvalue weighted by Gasteiger charge is 2.14. The maximum absolute atomic E-state index is 11.5. The van der Waals surface area contributed by atoms with Crippen LogP contribution in [0.5, 0.6) is 0 Å². The second-order valence-corrected chi connectivity index (χ2v) is 3.54. The van der Waals surface area contributed by atoms with Gasteiger partial charge >= 0.3 is 0 Å². The van der Waals surface area contributed by atoms with Gasteiger partial charge in [-0.15, -0.1) is 0 Å². The Morgan fingerprint density at radius 3 is 2.77 bits per heavy atom. The van der Waals surface area contributed by atoms with Gasteiger partial charge in [-0.25, -0.2) is 4.98 Å². The molecule has 2 N–H and O–H groups in total. The molecule has 0 bridgehead atoms. The molecule has 0 spiro atoms. The molecule has 3 nitrogen and oxygen atoms in total. The molecule has 4 heteroatoms. The van der Waals surface area contributed by atoms with Crippen molar-refractivity contribution in [2.45, 2.75) is 13.8 Å². The number of aromatic nitrogens is 1. The van der Waals surface area contributed by atoms with E-state index >= 15 is 0 Å². The average molecular weight is 199 g/mol. The highest BCUT2D eigenvalue weighted by Crippen LogP contribution is 2.18. The Morgan fingerprint density at radius 1 is 1.62 bits per heavy atom. The molecule has 0 unspecified atom stereocenters. The summed E-state index contributed by atoms with van der Waals surface area (Å²) in [4.78, 5) is 15.3. The summed E-state index contributed by atoms with van der Waals surface area (Å²) in [6.07, 6.45) is 1.42. The predicted octanol–water partition coefficient (Wildman–Crippen LogP) is 2.16. The van der Waals surface area contributed by atoms with E-state index in [1.165, 1.54) is 6.20 Å². The highest BCUT2D eigenvalue weighted by molar-refractivity contribution is 6.31. The molecule has 1 aromatic heterocycles. The van der Waals surface area contributed by atoms with Gasteiger partial charge in [-0.05, 0) is 6.07 Å². The van der Waals surface area contributed by atoms with E-state index < -0.39 is 0 Å². The number of hydrogen-bond acceptors (Lipinski definition) is 3. The second-order valence-electron chi connectivity index (χ2n) is 3.11. The van der Waals surface area contributed by atoms with E-state index in [0.29, 0.717) is 10.6 Å². The number of nitrogen functional groups attached to an aromatic ring is 1. The first-order chi connectivity index (χ1) is 6.02. The lowest BCUT2D eigenvalue weighted by molar-refractivity contribution is 0.0940. The van der Waals surface area contributed by atoms with Crippen LogP contribution in [-0.4, -0.2) is 10.8 Å². The van der Waals surface area contributed by atoms with Crippen LogP contribution in [0.15, 0.2) is 12.3 Å². The molecule has 0 atom stereocenters. The van der Waals surface area contributed by atoms with Gasteiger partial charge in [0, 0.05) is 12.1 Å². The van der Waals surface area contributed by atoms with E-state index in [2.05, 4.69) is 4.98 Å². The molecule has 0 aliphatic heterocycles. The highest BCUT2D eigenvalue weighted by atomic mass is 35.5. The predicted molar refractivity (Wildman–Crippen MR) is 52.8 cm³/mol. The smallest absolute Gasteiger partial charge is 0.169 e. The Hall–Kier alpha value is -1.09. The van der Waals surface area contributed by atoms with Crippen LogP contribution in [0.4, 0.5) is 5.82 Å². The summed E-state index contributed by atoms with van der Waals surface area (Å²) in [5.41, 5.74) is 5.94. The van der Waals surface area contributed by atoms with Crippen molar-refractivity contribution in [3.8, 4) is 0 Å². The number of anilines is 1. The molecule has 13 heavy (non-hydrogen) atoms. The van der Waals surface area contributed by atoms with Gasteiger partial charge in [0.1, 0.15) is 5.82 Å². The molecule has 0 aliphatic rings. The van der Waals surface area contributed by atoms with Crippen LogP contribution < -0.4 is 5.73 Å². The van der Waals surface area contributed by atoms with Crippen LogP contribution in [0.2, 0.25) is 5.02 Å². The number of rotatable bonds is 2. The van der Waals surface area contributed by atoms with E-state index in [1.54, 1.807) is 6.07 Å². The van der Waals surface area contributed by atoms with Crippen LogP contribution in [0.3, 0.4) is 0 Å². The molecular formula is C9H11ClN2O. The van der Waals surface area contributed by atoms with Crippen molar-refractivity contribution in [2.24, 2.45) is 5.92 Å². The molecule has 0 radical (unpaired) electrons. The fourth-order valence-corrected chi connectivity index (χ4v) is 1.12. The quantitative estimate of drug-likeness (QED) is 0.741. The molecule has 0 fully saturated rings. The topological polar surface area (TPSA) is 56.0 Å². The van der Waals surface area contributed by atoms with Gasteiger partial charge in [0.05, 0.1) is 10.6 Å². The number of nitrogens with zero attached hydrogens (tertiary/aromatic N) is 1. The number of hydrogen-bond donors (Lipinski definition) is 1. The summed E-state index contributed by atoms with van der Waals surface area (Å²) < 4.78 is 0. The first kappa shape index (κ1) is 9.99. The summed E-state index contributed by atoms with van der Waals surface area (Å²) in [5.74, 6) is 0.109. The fourth-order valence-electron chi connectivity index (χ4n) is 0.958. The lowest BCUT2D eigenvalue weighted by atomic mass is 10.0. The minimum Gasteiger partial charge on any atom is -0.383 e. The van der Waals surface area contributed by atoms with Gasteiger partial charge in [-0.1, -0.05) is 25.4 Å². The van der Waals surface area contributed by atoms with Crippen molar-refractivity contribution in [1.82, 2.24) is 4.98 Å². The number of nitrogens with two attached hydrogens (primary N) is 1. The Bertz CT molecular complexity index is 336. The van der Waals surface area contributed by atoms with Crippen LogP contribution >= 0.6 is 11.6 Å². The molecule has 1 aromatic rings. The molecule has 0 aromatic carbocycles. The lowest BCUT2D eigenvalue weighted by Crippen LogP contribution is -2.11. The fraction of sp³-hybridized carbons (Fsp3) is 0.333. The van der Waals surface area contributed by atoms with Crippen molar-refractivity contribution in [3.63, 3.8) is 0 Å². The number of pyridine rings is 1. The number of halogens is 1. The maximum atomic E-state index is 11.5. The zero-order chi connectivity index (χ0) is 10.0. The van der Waals surface area contributed by atoms with Crippen molar-refractivity contribution < 1.29 is 4.79 Å². The third-order valence-electron chi connectivity index (χ3n) is 1.67. The van der Waals surface area contributed by atoms with Crippen LogP contribution in [0, 0.1) is 5.92 Å². The Balaban J connectivity index is 3.13. The number of Topliss-reactive ketones (excluding diaryl/α,β-unsaturated/α-hetero) is 1. The van der Waals surface area contributed by atoms with Gasteiger partial charge < -0.3 is 5.73 Å². The van der Waals surface area contributed by atoms with Crippen molar-refractivity contribution in [2.75, 3.05) is 5.73 Å². The van der Waals surface area contributed by atoms with E-state index in [4.69, 9.17) is 17.3 Å². The van der Waals surface area contributed by atoms with Gasteiger partial charge in [-0.2, -0.15) is 0 Å². The second kappa shape index (κ2) is 3.75. The molecule has 0 saturated heterocycles. The third-order valence-corrected chi connectivity index (χ3v) is 1.88. The standard InChI is InChI=1S/C9H11ClN2O/c1-5(2)8(13)7-3-6(10)4-12-9(7)11/h3-5H,1-2H3,(H2,11,12). The Morgan fingerprint density at radius 2 is 2.23 bits per heavy atom. The van der Waals surface area contributed by atoms with E-state index in [1.807, 2.05) is 13.8 Å². The zero-order valence-electron chi connectivity index (χ0n) is 7.54. The lowest BCUT2D eigenvalue weighted by Gasteiger charge is -2.06. The van der Waals surface area contributed by atoms with Crippen LogP contribution in [0.1, 0.15) is 24.2 Å². The first-order valence-corrected chi connectivity index (χ1v) is 4.35. The third kappa shape index (κ3) is 2.18. The molecular weight excluding hydrogens is 188 g/mol. The molecule has 0 aliphatic carbocycles. The van der Waals surface area contributed by atoms with Gasteiger partial charge in [0.2, 0.25) is 0 Å². The largest absolute Gasteiger partial charge is 0.383 e. The molecule has 1 heterocycles. The molecule has 0 amide bonds. The summed E-state index contributed by atoms with van der Waals surface area (Å²) in [7, 11) is 0. The van der Waals surface area contributed by atoms with E-state index in [-0.39, 0.29) is 17.5 Å². The Kier molecular flexibility index (Phi) is 2.88.